The Bertz CT molecular complexity index is 366. The first-order valence-corrected chi connectivity index (χ1v) is 7.13. The first kappa shape index (κ1) is 15.7. The summed E-state index contributed by atoms with van der Waals surface area (Å²) in [4.78, 5) is 10.8. The Balaban J connectivity index is 2.66. The van der Waals surface area contributed by atoms with E-state index in [0.717, 1.165) is 43.9 Å². The van der Waals surface area contributed by atoms with Gasteiger partial charge < -0.3 is 15.0 Å². The molecule has 0 spiro atoms. The van der Waals surface area contributed by atoms with E-state index in [9.17, 15) is 0 Å². The van der Waals surface area contributed by atoms with Crippen molar-refractivity contribution in [3.8, 4) is 5.88 Å². The molecule has 0 aliphatic rings. The van der Waals surface area contributed by atoms with Crippen LogP contribution in [0.25, 0.3) is 0 Å². The van der Waals surface area contributed by atoms with E-state index in [2.05, 4.69) is 41.0 Å². The molecule has 1 rings (SSSR count). The number of aromatic nitrogens is 2. The lowest BCUT2D eigenvalue weighted by Crippen LogP contribution is -2.28. The minimum atomic E-state index is 0.665. The third-order valence-corrected chi connectivity index (χ3v) is 3.18. The van der Waals surface area contributed by atoms with Gasteiger partial charge in [-0.25, -0.2) is 9.97 Å². The van der Waals surface area contributed by atoms with Gasteiger partial charge in [0.15, 0.2) is 0 Å². The van der Waals surface area contributed by atoms with Crippen LogP contribution in [0.3, 0.4) is 0 Å². The van der Waals surface area contributed by atoms with Crippen molar-refractivity contribution >= 4 is 5.82 Å². The van der Waals surface area contributed by atoms with Crippen molar-refractivity contribution in [2.75, 3.05) is 38.6 Å². The second kappa shape index (κ2) is 8.69. The van der Waals surface area contributed by atoms with E-state index in [1.165, 1.54) is 0 Å². The fourth-order valence-electron chi connectivity index (χ4n) is 2.02. The van der Waals surface area contributed by atoms with Crippen molar-refractivity contribution in [1.82, 2.24) is 14.9 Å². The van der Waals surface area contributed by atoms with Gasteiger partial charge in [0, 0.05) is 13.6 Å². The average Bonchev–Trinajstić information content (AvgIpc) is 2.45. The molecule has 0 atom stereocenters. The molecular formula is C14H26N4O. The van der Waals surface area contributed by atoms with Crippen molar-refractivity contribution in [2.24, 2.45) is 0 Å². The Hall–Kier alpha value is -1.36. The van der Waals surface area contributed by atoms with Crippen molar-refractivity contribution in [3.63, 3.8) is 0 Å². The first-order valence-electron chi connectivity index (χ1n) is 7.13. The zero-order valence-corrected chi connectivity index (χ0v) is 12.6. The molecule has 108 valence electrons. The molecule has 0 saturated heterocycles. The van der Waals surface area contributed by atoms with Gasteiger partial charge in [-0.05, 0) is 19.5 Å². The van der Waals surface area contributed by atoms with Crippen molar-refractivity contribution in [2.45, 2.75) is 33.6 Å². The summed E-state index contributed by atoms with van der Waals surface area (Å²) in [7, 11) is 1.88. The smallest absolute Gasteiger partial charge is 0.221 e. The van der Waals surface area contributed by atoms with Gasteiger partial charge in [-0.1, -0.05) is 27.2 Å². The van der Waals surface area contributed by atoms with Gasteiger partial charge in [0.25, 0.3) is 0 Å². The van der Waals surface area contributed by atoms with Crippen molar-refractivity contribution in [3.05, 3.63) is 11.9 Å². The largest absolute Gasteiger partial charge is 0.476 e. The minimum absolute atomic E-state index is 0.665. The van der Waals surface area contributed by atoms with Gasteiger partial charge in [0.2, 0.25) is 5.88 Å². The third-order valence-electron chi connectivity index (χ3n) is 3.18. The van der Waals surface area contributed by atoms with Crippen LogP contribution in [0.15, 0.2) is 6.33 Å². The molecule has 0 bridgehead atoms. The number of anilines is 1. The highest BCUT2D eigenvalue weighted by Crippen LogP contribution is 2.23. The number of hydrogen-bond acceptors (Lipinski definition) is 5. The molecule has 0 amide bonds. The summed E-state index contributed by atoms with van der Waals surface area (Å²) in [6, 6.07) is 0. The molecule has 0 saturated carbocycles. The summed E-state index contributed by atoms with van der Waals surface area (Å²) in [5, 5.41) is 3.10. The maximum Gasteiger partial charge on any atom is 0.221 e. The van der Waals surface area contributed by atoms with Crippen LogP contribution in [0.5, 0.6) is 5.88 Å². The molecule has 19 heavy (non-hydrogen) atoms. The minimum Gasteiger partial charge on any atom is -0.476 e. The maximum absolute atomic E-state index is 5.83. The fourth-order valence-corrected chi connectivity index (χ4v) is 2.02. The first-order chi connectivity index (χ1) is 9.26. The topological polar surface area (TPSA) is 50.3 Å². The number of nitrogens with one attached hydrogen (secondary N) is 1. The third kappa shape index (κ3) is 4.67. The van der Waals surface area contributed by atoms with Crippen molar-refractivity contribution in [1.29, 1.82) is 0 Å². The molecule has 1 aromatic heterocycles. The molecule has 0 radical (unpaired) electrons. The van der Waals surface area contributed by atoms with Crippen molar-refractivity contribution < 1.29 is 4.74 Å². The lowest BCUT2D eigenvalue weighted by Gasteiger charge is -2.19. The van der Waals surface area contributed by atoms with E-state index in [1.807, 2.05) is 7.05 Å². The van der Waals surface area contributed by atoms with E-state index in [-0.39, 0.29) is 0 Å². The highest BCUT2D eigenvalue weighted by Gasteiger charge is 2.11. The van der Waals surface area contributed by atoms with Gasteiger partial charge in [0.1, 0.15) is 18.8 Å². The number of rotatable bonds is 9. The van der Waals surface area contributed by atoms with Crippen LogP contribution in [0.1, 0.15) is 32.8 Å². The predicted molar refractivity (Wildman–Crippen MR) is 78.9 cm³/mol. The second-order valence-corrected chi connectivity index (χ2v) is 4.38. The summed E-state index contributed by atoms with van der Waals surface area (Å²) in [5.74, 6) is 1.59. The molecule has 1 aromatic rings. The second-order valence-electron chi connectivity index (χ2n) is 4.38. The Morgan fingerprint density at radius 1 is 1.21 bits per heavy atom. The van der Waals surface area contributed by atoms with Crippen LogP contribution < -0.4 is 10.1 Å². The standard InChI is InChI=1S/C14H26N4O/c1-5-8-12-13(15-4)16-11-17-14(12)19-10-9-18(6-2)7-3/h11H,5-10H2,1-4H3,(H,15,16,17). The zero-order valence-electron chi connectivity index (χ0n) is 12.6. The van der Waals surface area contributed by atoms with E-state index in [4.69, 9.17) is 4.74 Å². The van der Waals surface area contributed by atoms with Crippen LogP contribution in [-0.2, 0) is 6.42 Å². The Labute approximate surface area is 116 Å². The number of hydrogen-bond donors (Lipinski definition) is 1. The molecule has 0 unspecified atom stereocenters. The molecule has 0 aliphatic carbocycles. The zero-order chi connectivity index (χ0) is 14.1. The molecule has 1 N–H and O–H groups in total. The highest BCUT2D eigenvalue weighted by atomic mass is 16.5. The van der Waals surface area contributed by atoms with E-state index >= 15 is 0 Å². The molecular weight excluding hydrogens is 240 g/mol. The van der Waals surface area contributed by atoms with Crippen LogP contribution in [0.2, 0.25) is 0 Å². The molecule has 0 fully saturated rings. The average molecular weight is 266 g/mol. The summed E-state index contributed by atoms with van der Waals surface area (Å²) in [6.45, 7) is 10.2. The van der Waals surface area contributed by atoms with E-state index < -0.39 is 0 Å². The highest BCUT2D eigenvalue weighted by molar-refractivity contribution is 5.48. The van der Waals surface area contributed by atoms with Crippen LogP contribution in [0, 0.1) is 0 Å². The maximum atomic E-state index is 5.83. The summed E-state index contributed by atoms with van der Waals surface area (Å²) < 4.78 is 5.83. The molecule has 5 nitrogen and oxygen atoms in total. The van der Waals surface area contributed by atoms with Crippen LogP contribution in [-0.4, -0.2) is 48.2 Å². The Morgan fingerprint density at radius 3 is 2.53 bits per heavy atom. The summed E-state index contributed by atoms with van der Waals surface area (Å²) in [5.41, 5.74) is 1.08. The van der Waals surface area contributed by atoms with Crippen LogP contribution >= 0.6 is 0 Å². The number of nitrogens with zero attached hydrogens (tertiary/aromatic N) is 3. The monoisotopic (exact) mass is 266 g/mol. The summed E-state index contributed by atoms with van der Waals surface area (Å²) in [6.07, 6.45) is 3.53. The lowest BCUT2D eigenvalue weighted by atomic mass is 10.2. The van der Waals surface area contributed by atoms with E-state index in [1.54, 1.807) is 6.33 Å². The Morgan fingerprint density at radius 2 is 1.95 bits per heavy atom. The number of ether oxygens (including phenoxy) is 1. The number of likely N-dealkylation sites (N-methyl/N-ethyl adjacent to an activating group) is 1. The SMILES string of the molecule is CCCc1c(NC)ncnc1OCCN(CC)CC. The molecule has 0 aromatic carbocycles. The van der Waals surface area contributed by atoms with Gasteiger partial charge >= 0.3 is 0 Å². The molecule has 1 heterocycles. The quantitative estimate of drug-likeness (QED) is 0.742. The molecule has 0 aliphatic heterocycles. The van der Waals surface area contributed by atoms with Gasteiger partial charge in [0.05, 0.1) is 5.56 Å². The fraction of sp³-hybridized carbons (Fsp3) is 0.714. The lowest BCUT2D eigenvalue weighted by molar-refractivity contribution is 0.216. The van der Waals surface area contributed by atoms with Crippen LogP contribution in [0.4, 0.5) is 5.82 Å². The Kier molecular flexibility index (Phi) is 7.18. The predicted octanol–water partition coefficient (Wildman–Crippen LogP) is 2.19. The molecule has 5 heteroatoms. The summed E-state index contributed by atoms with van der Waals surface area (Å²) >= 11 is 0. The van der Waals surface area contributed by atoms with Gasteiger partial charge in [-0.2, -0.15) is 0 Å². The van der Waals surface area contributed by atoms with Gasteiger partial charge in [-0.15, -0.1) is 0 Å². The van der Waals surface area contributed by atoms with E-state index in [0.29, 0.717) is 12.5 Å². The normalized spacial score (nSPS) is 10.8. The van der Waals surface area contributed by atoms with Gasteiger partial charge in [-0.3, -0.25) is 0 Å².